The summed E-state index contributed by atoms with van der Waals surface area (Å²) in [7, 11) is 1.81. The number of thioether (sulfide) groups is 1. The van der Waals surface area contributed by atoms with Gasteiger partial charge in [0.1, 0.15) is 0 Å². The number of nitrogens with one attached hydrogen (secondary N) is 1. The fraction of sp³-hybridized carbons (Fsp3) is 0.316. The zero-order valence-electron chi connectivity index (χ0n) is 15.3. The molecule has 0 saturated heterocycles. The van der Waals surface area contributed by atoms with E-state index >= 15 is 0 Å². The number of benzene rings is 1. The third-order valence-corrected chi connectivity index (χ3v) is 6.48. The number of aromatic nitrogens is 3. The number of Topliss-reactive ketones (excluding diaryl/α,β-unsaturated/α-hetero) is 1. The maximum absolute atomic E-state index is 12.7. The van der Waals surface area contributed by atoms with Crippen LogP contribution in [0, 0.1) is 13.8 Å². The van der Waals surface area contributed by atoms with Crippen molar-refractivity contribution < 1.29 is 4.79 Å². The standard InChI is InChI=1S/C19H22N4OS2/c1-12-10-16(17(24)11-25-19-22-21-18(20-4)26-19)14(3)23(12)13(2)15-8-6-5-7-9-15/h5-10,13H,11H2,1-4H3,(H,20,21)/t13-/m0/s1. The topological polar surface area (TPSA) is 59.8 Å². The van der Waals surface area contributed by atoms with Crippen LogP contribution in [0.1, 0.15) is 40.3 Å². The Bertz CT molecular complexity index is 902. The fourth-order valence-electron chi connectivity index (χ4n) is 3.11. The lowest BCUT2D eigenvalue weighted by Gasteiger charge is -2.19. The molecule has 0 unspecified atom stereocenters. The van der Waals surface area contributed by atoms with Crippen molar-refractivity contribution in [2.75, 3.05) is 18.1 Å². The normalized spacial score (nSPS) is 12.2. The van der Waals surface area contributed by atoms with Gasteiger partial charge in [0.15, 0.2) is 10.1 Å². The van der Waals surface area contributed by atoms with Gasteiger partial charge >= 0.3 is 0 Å². The molecule has 0 aliphatic heterocycles. The van der Waals surface area contributed by atoms with Gasteiger partial charge in [-0.1, -0.05) is 53.4 Å². The van der Waals surface area contributed by atoms with Gasteiger partial charge in [-0.3, -0.25) is 4.79 Å². The molecule has 0 bridgehead atoms. The number of rotatable bonds is 7. The summed E-state index contributed by atoms with van der Waals surface area (Å²) in [6.07, 6.45) is 0. The fourth-order valence-corrected chi connectivity index (χ4v) is 4.70. The highest BCUT2D eigenvalue weighted by Crippen LogP contribution is 2.29. The van der Waals surface area contributed by atoms with E-state index < -0.39 is 0 Å². The molecule has 2 heterocycles. The molecule has 26 heavy (non-hydrogen) atoms. The van der Waals surface area contributed by atoms with Gasteiger partial charge < -0.3 is 9.88 Å². The van der Waals surface area contributed by atoms with E-state index in [1.54, 1.807) is 0 Å². The molecule has 1 N–H and O–H groups in total. The summed E-state index contributed by atoms with van der Waals surface area (Å²) >= 11 is 2.89. The quantitative estimate of drug-likeness (QED) is 0.476. The molecule has 3 aromatic rings. The summed E-state index contributed by atoms with van der Waals surface area (Å²) < 4.78 is 3.03. The molecule has 0 amide bonds. The van der Waals surface area contributed by atoms with E-state index in [1.807, 2.05) is 38.2 Å². The van der Waals surface area contributed by atoms with Crippen LogP contribution >= 0.6 is 23.1 Å². The predicted octanol–water partition coefficient (Wildman–Crippen LogP) is 4.58. The minimum absolute atomic E-state index is 0.121. The molecule has 0 fully saturated rings. The van der Waals surface area contributed by atoms with Crippen LogP contribution in [0.2, 0.25) is 0 Å². The average molecular weight is 387 g/mol. The third kappa shape index (κ3) is 3.83. The molecule has 5 nitrogen and oxygen atoms in total. The van der Waals surface area contributed by atoms with Crippen molar-refractivity contribution in [1.82, 2.24) is 14.8 Å². The zero-order valence-corrected chi connectivity index (χ0v) is 16.9. The van der Waals surface area contributed by atoms with Crippen molar-refractivity contribution >= 4 is 34.0 Å². The minimum atomic E-state index is 0.121. The van der Waals surface area contributed by atoms with E-state index in [2.05, 4.69) is 46.1 Å². The molecule has 0 aliphatic carbocycles. The van der Waals surface area contributed by atoms with Gasteiger partial charge in [0.05, 0.1) is 11.8 Å². The number of aryl methyl sites for hydroxylation is 1. The monoisotopic (exact) mass is 386 g/mol. The SMILES string of the molecule is CNc1nnc(SCC(=O)c2cc(C)n([C@@H](C)c3ccccc3)c2C)s1. The van der Waals surface area contributed by atoms with E-state index in [1.165, 1.54) is 28.7 Å². The van der Waals surface area contributed by atoms with Crippen LogP contribution in [0.5, 0.6) is 0 Å². The predicted molar refractivity (Wildman–Crippen MR) is 109 cm³/mol. The number of carbonyl (C=O) groups is 1. The molecule has 136 valence electrons. The van der Waals surface area contributed by atoms with Crippen molar-refractivity contribution in [2.45, 2.75) is 31.2 Å². The second-order valence-electron chi connectivity index (χ2n) is 6.08. The second-order valence-corrected chi connectivity index (χ2v) is 8.28. The van der Waals surface area contributed by atoms with Gasteiger partial charge in [0.2, 0.25) is 5.13 Å². The Morgan fingerprint density at radius 1 is 1.27 bits per heavy atom. The third-order valence-electron chi connectivity index (χ3n) is 4.40. The highest BCUT2D eigenvalue weighted by Gasteiger charge is 2.20. The average Bonchev–Trinajstić information content (AvgIpc) is 3.24. The van der Waals surface area contributed by atoms with Gasteiger partial charge in [-0.05, 0) is 32.4 Å². The van der Waals surface area contributed by atoms with Crippen LogP contribution in [-0.2, 0) is 0 Å². The Labute approximate surface area is 161 Å². The van der Waals surface area contributed by atoms with Crippen LogP contribution in [0.25, 0.3) is 0 Å². The molecule has 2 aromatic heterocycles. The zero-order chi connectivity index (χ0) is 18.7. The highest BCUT2D eigenvalue weighted by molar-refractivity contribution is 8.01. The first-order valence-electron chi connectivity index (χ1n) is 8.42. The first kappa shape index (κ1) is 18.7. The lowest BCUT2D eigenvalue weighted by Crippen LogP contribution is -2.11. The van der Waals surface area contributed by atoms with Gasteiger partial charge in [0, 0.05) is 24.0 Å². The molecule has 0 radical (unpaired) electrons. The first-order valence-corrected chi connectivity index (χ1v) is 10.2. The van der Waals surface area contributed by atoms with E-state index in [0.29, 0.717) is 5.75 Å². The molecule has 0 spiro atoms. The van der Waals surface area contributed by atoms with E-state index in [0.717, 1.165) is 26.4 Å². The van der Waals surface area contributed by atoms with Crippen molar-refractivity contribution in [3.63, 3.8) is 0 Å². The Kier molecular flexibility index (Phi) is 5.78. The summed E-state index contributed by atoms with van der Waals surface area (Å²) in [4.78, 5) is 12.7. The molecule has 0 aliphatic rings. The molecule has 1 atom stereocenters. The maximum Gasteiger partial charge on any atom is 0.206 e. The first-order chi connectivity index (χ1) is 12.5. The Morgan fingerprint density at radius 2 is 2.00 bits per heavy atom. The minimum Gasteiger partial charge on any atom is -0.363 e. The number of nitrogens with zero attached hydrogens (tertiary/aromatic N) is 3. The highest BCUT2D eigenvalue weighted by atomic mass is 32.2. The number of ketones is 1. The summed E-state index contributed by atoms with van der Waals surface area (Å²) in [5.41, 5.74) is 4.13. The molecular weight excluding hydrogens is 364 g/mol. The number of carbonyl (C=O) groups excluding carboxylic acids is 1. The van der Waals surface area contributed by atoms with Crippen molar-refractivity contribution in [2.24, 2.45) is 0 Å². The number of hydrogen-bond donors (Lipinski definition) is 1. The summed E-state index contributed by atoms with van der Waals surface area (Å²) in [6.45, 7) is 6.24. The maximum atomic E-state index is 12.7. The molecular formula is C19H22N4OS2. The van der Waals surface area contributed by atoms with Gasteiger partial charge in [-0.25, -0.2) is 0 Å². The van der Waals surface area contributed by atoms with Crippen LogP contribution in [0.4, 0.5) is 5.13 Å². The smallest absolute Gasteiger partial charge is 0.206 e. The summed E-state index contributed by atoms with van der Waals surface area (Å²) in [5.74, 6) is 0.485. The van der Waals surface area contributed by atoms with E-state index in [9.17, 15) is 4.79 Å². The van der Waals surface area contributed by atoms with Crippen LogP contribution in [0.15, 0.2) is 40.7 Å². The molecule has 3 rings (SSSR count). The summed E-state index contributed by atoms with van der Waals surface area (Å²) in [5, 5.41) is 11.8. The Balaban J connectivity index is 1.77. The van der Waals surface area contributed by atoms with Crippen LogP contribution < -0.4 is 5.32 Å². The molecule has 1 aromatic carbocycles. The molecule has 0 saturated carbocycles. The van der Waals surface area contributed by atoms with Crippen molar-refractivity contribution in [1.29, 1.82) is 0 Å². The number of anilines is 1. The molecule has 7 heteroatoms. The van der Waals surface area contributed by atoms with Gasteiger partial charge in [-0.2, -0.15) is 0 Å². The lowest BCUT2D eigenvalue weighted by molar-refractivity contribution is 0.102. The lowest BCUT2D eigenvalue weighted by atomic mass is 10.1. The van der Waals surface area contributed by atoms with Crippen molar-refractivity contribution in [3.05, 3.63) is 58.9 Å². The number of hydrogen-bond acceptors (Lipinski definition) is 6. The largest absolute Gasteiger partial charge is 0.363 e. The Hall–Kier alpha value is -2.12. The summed E-state index contributed by atoms with van der Waals surface area (Å²) in [6, 6.07) is 12.5. The van der Waals surface area contributed by atoms with Crippen molar-refractivity contribution in [3.8, 4) is 0 Å². The second kappa shape index (κ2) is 8.05. The van der Waals surface area contributed by atoms with E-state index in [4.69, 9.17) is 0 Å². The van der Waals surface area contributed by atoms with Gasteiger partial charge in [0.25, 0.3) is 0 Å². The van der Waals surface area contributed by atoms with Crippen LogP contribution in [0.3, 0.4) is 0 Å². The van der Waals surface area contributed by atoms with Gasteiger partial charge in [-0.15, -0.1) is 10.2 Å². The van der Waals surface area contributed by atoms with Crippen LogP contribution in [-0.4, -0.2) is 33.3 Å². The Morgan fingerprint density at radius 3 is 2.65 bits per heavy atom. The van der Waals surface area contributed by atoms with E-state index in [-0.39, 0.29) is 11.8 Å².